The molecule has 0 spiro atoms. The Morgan fingerprint density at radius 1 is 0.872 bits per heavy atom. The molecule has 0 saturated carbocycles. The van der Waals surface area contributed by atoms with Gasteiger partial charge in [0.2, 0.25) is 9.67 Å². The zero-order chi connectivity index (χ0) is 34.5. The van der Waals surface area contributed by atoms with Crippen LogP contribution in [0.5, 0.6) is 11.6 Å². The van der Waals surface area contributed by atoms with E-state index in [9.17, 15) is 27.2 Å². The summed E-state index contributed by atoms with van der Waals surface area (Å²) in [4.78, 5) is 30.8. The van der Waals surface area contributed by atoms with Crippen LogP contribution < -0.4 is 10.1 Å². The van der Waals surface area contributed by atoms with Crippen molar-refractivity contribution in [2.75, 3.05) is 5.32 Å². The lowest BCUT2D eigenvalue weighted by atomic mass is 10.2. The maximum absolute atomic E-state index is 12.9. The van der Waals surface area contributed by atoms with E-state index >= 15 is 0 Å². The van der Waals surface area contributed by atoms with E-state index in [-0.39, 0.29) is 33.9 Å². The molecular formula is C29H16Cl5F4N5O4. The number of benzene rings is 3. The van der Waals surface area contributed by atoms with Gasteiger partial charge in [0.15, 0.2) is 5.82 Å². The van der Waals surface area contributed by atoms with Crippen LogP contribution in [0.1, 0.15) is 32.5 Å². The van der Waals surface area contributed by atoms with Gasteiger partial charge >= 0.3 is 12.1 Å². The average molecular weight is 752 g/mol. The number of pyridine rings is 1. The number of alkyl halides is 6. The quantitative estimate of drug-likeness (QED) is 0.131. The molecular weight excluding hydrogens is 736 g/mol. The number of nitrogens with zero attached hydrogens (tertiary/aromatic N) is 4. The van der Waals surface area contributed by atoms with Crippen LogP contribution in [0.2, 0.25) is 10.0 Å². The Kier molecular flexibility index (Phi) is 11.2. The molecule has 0 fully saturated rings. The molecule has 0 aliphatic carbocycles. The fourth-order valence-electron chi connectivity index (χ4n) is 3.59. The molecule has 0 aliphatic rings. The Morgan fingerprint density at radius 3 is 2.17 bits per heavy atom. The first kappa shape index (κ1) is 35.7. The molecule has 18 heteroatoms. The topological polar surface area (TPSA) is 119 Å². The van der Waals surface area contributed by atoms with E-state index in [1.807, 2.05) is 0 Å². The minimum atomic E-state index is -4.50. The van der Waals surface area contributed by atoms with Gasteiger partial charge in [0, 0.05) is 16.8 Å². The third-order valence-electron chi connectivity index (χ3n) is 5.63. The van der Waals surface area contributed by atoms with Crippen LogP contribution in [-0.2, 0) is 9.97 Å². The van der Waals surface area contributed by atoms with Crippen LogP contribution >= 0.6 is 58.0 Å². The first-order valence-corrected chi connectivity index (χ1v) is 14.5. The van der Waals surface area contributed by atoms with Crippen molar-refractivity contribution in [1.29, 1.82) is 0 Å². The zero-order valence-electron chi connectivity index (χ0n) is 22.9. The minimum absolute atomic E-state index is 0.0104. The highest BCUT2D eigenvalue weighted by molar-refractivity contribution is 6.66. The lowest BCUT2D eigenvalue weighted by Gasteiger charge is -2.12. The van der Waals surface area contributed by atoms with Crippen LogP contribution in [0.25, 0.3) is 5.69 Å². The molecule has 47 heavy (non-hydrogen) atoms. The van der Waals surface area contributed by atoms with Crippen molar-refractivity contribution in [1.82, 2.24) is 19.7 Å². The second kappa shape index (κ2) is 14.7. The Hall–Kier alpha value is -4.14. The number of halogens is 9. The van der Waals surface area contributed by atoms with E-state index in [2.05, 4.69) is 20.4 Å². The summed E-state index contributed by atoms with van der Waals surface area (Å²) in [6.07, 6.45) is -4.50. The fraction of sp³-hybridized carbons (Fsp3) is 0.0690. The first-order valence-electron chi connectivity index (χ1n) is 12.6. The van der Waals surface area contributed by atoms with E-state index in [1.54, 1.807) is 0 Å². The summed E-state index contributed by atoms with van der Waals surface area (Å²) in [5.41, 5.74) is -0.209. The van der Waals surface area contributed by atoms with Crippen LogP contribution in [0.15, 0.2) is 84.9 Å². The zero-order valence-corrected chi connectivity index (χ0v) is 26.7. The molecule has 5 rings (SSSR count). The van der Waals surface area contributed by atoms with Gasteiger partial charge in [-0.1, -0.05) is 70.1 Å². The number of aromatic carboxylic acids is 1. The molecule has 0 bridgehead atoms. The minimum Gasteiger partial charge on any atom is -0.475 e. The highest BCUT2D eigenvalue weighted by atomic mass is 35.6. The largest absolute Gasteiger partial charge is 0.475 e. The molecule has 244 valence electrons. The van der Waals surface area contributed by atoms with Crippen molar-refractivity contribution < 1.29 is 37.0 Å². The van der Waals surface area contributed by atoms with Gasteiger partial charge in [-0.3, -0.25) is 4.79 Å². The summed E-state index contributed by atoms with van der Waals surface area (Å²) >= 11 is 29.1. The van der Waals surface area contributed by atoms with Crippen LogP contribution in [-0.4, -0.2) is 36.7 Å². The molecule has 9 nitrogen and oxygen atoms in total. The van der Waals surface area contributed by atoms with Gasteiger partial charge in [-0.05, 0) is 66.7 Å². The monoisotopic (exact) mass is 749 g/mol. The predicted molar refractivity (Wildman–Crippen MR) is 168 cm³/mol. The van der Waals surface area contributed by atoms with E-state index in [4.69, 9.17) is 67.8 Å². The van der Waals surface area contributed by atoms with Crippen molar-refractivity contribution >= 4 is 75.6 Å². The number of carboxylic acid groups (broad SMARTS) is 1. The lowest BCUT2D eigenvalue weighted by molar-refractivity contribution is -0.137. The van der Waals surface area contributed by atoms with Gasteiger partial charge in [-0.2, -0.15) is 13.2 Å². The van der Waals surface area contributed by atoms with Crippen molar-refractivity contribution in [3.05, 3.63) is 124 Å². The van der Waals surface area contributed by atoms with Crippen LogP contribution in [0.4, 0.5) is 23.2 Å². The smallest absolute Gasteiger partial charge is 0.416 e. The Morgan fingerprint density at radius 2 is 1.55 bits per heavy atom. The second-order valence-electron chi connectivity index (χ2n) is 9.02. The average Bonchev–Trinajstić information content (AvgIpc) is 3.45. The summed E-state index contributed by atoms with van der Waals surface area (Å²) in [5.74, 6) is -3.18. The van der Waals surface area contributed by atoms with E-state index in [0.717, 1.165) is 16.8 Å². The number of aromatic nitrogens is 4. The van der Waals surface area contributed by atoms with E-state index in [1.165, 1.54) is 72.8 Å². The Bertz CT molecular complexity index is 1920. The second-order valence-corrected chi connectivity index (χ2v) is 12.1. The first-order chi connectivity index (χ1) is 22.0. The lowest BCUT2D eigenvalue weighted by Crippen LogP contribution is -2.13. The summed E-state index contributed by atoms with van der Waals surface area (Å²) in [6, 6.07) is 18.3. The third kappa shape index (κ3) is 9.69. The molecule has 2 heterocycles. The number of hydrogen-bond donors (Lipinski definition) is 2. The summed E-state index contributed by atoms with van der Waals surface area (Å²) < 4.78 is 55.6. The molecule has 0 radical (unpaired) electrons. The standard InChI is InChI=1S/C19H12F4N2O2.C10H4Cl5N3O2/c20-13-7-9-14(10-8-13)24-18(26)16-5-2-6-17(25-16)27-15-4-1-3-12(11-15)19(21,22)23;11-4-1-2-6(5(12)3-4)18-9(10(13,14)15)16-7(17-18)8(19)20/h1-11H,(H,24,26);1-3H,(H,19,20). The van der Waals surface area contributed by atoms with Crippen molar-refractivity contribution in [2.24, 2.45) is 0 Å². The van der Waals surface area contributed by atoms with Crippen LogP contribution in [0, 0.1) is 5.82 Å². The molecule has 0 unspecified atom stereocenters. The summed E-state index contributed by atoms with van der Waals surface area (Å²) in [6.45, 7) is 0. The van der Waals surface area contributed by atoms with Gasteiger partial charge in [0.25, 0.3) is 11.7 Å². The number of carboxylic acids is 1. The molecule has 5 aromatic rings. The van der Waals surface area contributed by atoms with Crippen molar-refractivity contribution in [3.63, 3.8) is 0 Å². The molecule has 2 N–H and O–H groups in total. The molecule has 2 aromatic heterocycles. The molecule has 3 aromatic carbocycles. The van der Waals surface area contributed by atoms with Crippen LogP contribution in [0.3, 0.4) is 0 Å². The normalized spacial score (nSPS) is 11.3. The van der Waals surface area contributed by atoms with Gasteiger partial charge in [-0.15, -0.1) is 5.10 Å². The third-order valence-corrected chi connectivity index (χ3v) is 6.68. The Labute approximate surface area is 287 Å². The molecule has 0 aliphatic heterocycles. The van der Waals surface area contributed by atoms with Gasteiger partial charge in [-0.25, -0.2) is 23.8 Å². The van der Waals surface area contributed by atoms with Crippen molar-refractivity contribution in [2.45, 2.75) is 9.97 Å². The van der Waals surface area contributed by atoms with Gasteiger partial charge in [0.05, 0.1) is 16.3 Å². The fourth-order valence-corrected chi connectivity index (χ4v) is 4.45. The summed E-state index contributed by atoms with van der Waals surface area (Å²) in [5, 5.41) is 15.8. The molecule has 0 saturated heterocycles. The van der Waals surface area contributed by atoms with E-state index in [0.29, 0.717) is 10.7 Å². The number of ether oxygens (including phenoxy) is 1. The number of amides is 1. The summed E-state index contributed by atoms with van der Waals surface area (Å²) in [7, 11) is 0. The number of hydrogen-bond acceptors (Lipinski definition) is 6. The number of nitrogens with one attached hydrogen (secondary N) is 1. The molecule has 1 amide bonds. The predicted octanol–water partition coefficient (Wildman–Crippen LogP) is 9.38. The number of carbonyl (C=O) groups is 2. The maximum Gasteiger partial charge on any atom is 0.416 e. The number of carbonyl (C=O) groups excluding carboxylic acids is 1. The SMILES string of the molecule is O=C(Nc1ccc(F)cc1)c1cccc(Oc2cccc(C(F)(F)F)c2)n1.O=C(O)c1nc(C(Cl)(Cl)Cl)n(-c2ccc(Cl)cc2Cl)n1. The van der Waals surface area contributed by atoms with E-state index < -0.39 is 39.1 Å². The Balaban J connectivity index is 0.000000223. The molecule has 0 atom stereocenters. The van der Waals surface area contributed by atoms with Crippen molar-refractivity contribution in [3.8, 4) is 17.3 Å². The number of rotatable bonds is 6. The van der Waals surface area contributed by atoms with Gasteiger partial charge < -0.3 is 15.2 Å². The number of anilines is 1. The maximum atomic E-state index is 12.9. The highest BCUT2D eigenvalue weighted by Gasteiger charge is 2.33. The van der Waals surface area contributed by atoms with Gasteiger partial charge in [0.1, 0.15) is 17.3 Å². The highest BCUT2D eigenvalue weighted by Crippen LogP contribution is 2.39.